The Kier molecular flexibility index (Phi) is 3.84. The molecule has 1 N–H and O–H groups in total. The second-order valence-corrected chi connectivity index (χ2v) is 7.10. The molecule has 0 saturated heterocycles. The van der Waals surface area contributed by atoms with Crippen LogP contribution in [0, 0.1) is 20.8 Å². The predicted molar refractivity (Wildman–Crippen MR) is 99.9 cm³/mol. The number of aryl methyl sites for hydroxylation is 3. The average molecular weight is 368 g/mol. The molecule has 0 aliphatic heterocycles. The fourth-order valence-electron chi connectivity index (χ4n) is 3.04. The number of carbonyl (C=O) groups excluding carboxylic acids is 1. The maximum Gasteiger partial charge on any atom is 0.295 e. The summed E-state index contributed by atoms with van der Waals surface area (Å²) in [5, 5.41) is 9.70. The molecular weight excluding hydrogens is 352 g/mol. The van der Waals surface area contributed by atoms with E-state index in [2.05, 4.69) is 21.5 Å². The van der Waals surface area contributed by atoms with Crippen LogP contribution in [-0.2, 0) is 11.2 Å². The molecule has 0 saturated carbocycles. The van der Waals surface area contributed by atoms with Gasteiger partial charge in [0.1, 0.15) is 17.1 Å². The summed E-state index contributed by atoms with van der Waals surface area (Å²) in [6, 6.07) is 4.03. The van der Waals surface area contributed by atoms with Gasteiger partial charge in [-0.3, -0.25) is 9.59 Å². The fraction of sp³-hybridized carbons (Fsp3) is 0.222. The Balaban J connectivity index is 1.62. The first-order valence-electron chi connectivity index (χ1n) is 8.05. The molecule has 26 heavy (non-hydrogen) atoms. The molecule has 3 heterocycles. The van der Waals surface area contributed by atoms with Crippen LogP contribution in [-0.4, -0.2) is 20.5 Å². The van der Waals surface area contributed by atoms with E-state index in [0.29, 0.717) is 10.8 Å². The van der Waals surface area contributed by atoms with Crippen LogP contribution in [0.4, 0.5) is 5.82 Å². The Hall–Kier alpha value is -3.00. The molecule has 0 aliphatic carbocycles. The summed E-state index contributed by atoms with van der Waals surface area (Å²) in [5.74, 6) is 0.302. The van der Waals surface area contributed by atoms with Crippen molar-refractivity contribution >= 4 is 39.0 Å². The molecule has 0 bridgehead atoms. The largest absolute Gasteiger partial charge is 0.464 e. The van der Waals surface area contributed by atoms with Crippen molar-refractivity contribution in [2.24, 2.45) is 0 Å². The van der Waals surface area contributed by atoms with E-state index in [1.807, 2.05) is 19.9 Å². The summed E-state index contributed by atoms with van der Waals surface area (Å²) >= 11 is 1.25. The fourth-order valence-corrected chi connectivity index (χ4v) is 3.79. The quantitative estimate of drug-likeness (QED) is 0.600. The zero-order valence-corrected chi connectivity index (χ0v) is 15.3. The third-order valence-corrected chi connectivity index (χ3v) is 4.97. The van der Waals surface area contributed by atoms with E-state index in [1.165, 1.54) is 15.9 Å². The lowest BCUT2D eigenvalue weighted by molar-refractivity contribution is -0.115. The number of aromatic nitrogens is 3. The maximum atomic E-state index is 12.5. The van der Waals surface area contributed by atoms with E-state index in [0.717, 1.165) is 27.7 Å². The summed E-state index contributed by atoms with van der Waals surface area (Å²) < 4.78 is 7.08. The highest BCUT2D eigenvalue weighted by Gasteiger charge is 2.15. The van der Waals surface area contributed by atoms with Crippen LogP contribution >= 0.6 is 11.3 Å². The number of benzene rings is 1. The summed E-state index contributed by atoms with van der Waals surface area (Å²) in [5.41, 5.74) is 3.74. The van der Waals surface area contributed by atoms with Crippen molar-refractivity contribution in [3.63, 3.8) is 0 Å². The maximum absolute atomic E-state index is 12.5. The minimum Gasteiger partial charge on any atom is -0.464 e. The molecule has 1 aromatic carbocycles. The van der Waals surface area contributed by atoms with E-state index >= 15 is 0 Å². The van der Waals surface area contributed by atoms with Gasteiger partial charge in [0.05, 0.1) is 12.7 Å². The minimum atomic E-state index is -0.361. The predicted octanol–water partition coefficient (Wildman–Crippen LogP) is 3.00. The van der Waals surface area contributed by atoms with Crippen LogP contribution in [0.15, 0.2) is 33.0 Å². The number of hydrogen-bond acceptors (Lipinski definition) is 6. The molecule has 3 aromatic heterocycles. The molecule has 0 unspecified atom stereocenters. The standard InChI is InChI=1S/C18H16N4O3S/c1-9-4-10(2)16-12(7-25-13(16)5-9)6-15(23)19-14-8-26-18-20-17(24)11(3)21-22(14)18/h4-5,7-8H,6H2,1-3H3,(H,19,23). The van der Waals surface area contributed by atoms with E-state index in [9.17, 15) is 9.59 Å². The first-order chi connectivity index (χ1) is 12.4. The van der Waals surface area contributed by atoms with Crippen LogP contribution in [0.1, 0.15) is 22.4 Å². The van der Waals surface area contributed by atoms with Gasteiger partial charge in [-0.2, -0.15) is 14.6 Å². The molecule has 0 aliphatic rings. The summed E-state index contributed by atoms with van der Waals surface area (Å²) in [6.07, 6.45) is 1.81. The molecule has 8 heteroatoms. The van der Waals surface area contributed by atoms with Crippen molar-refractivity contribution in [1.82, 2.24) is 14.6 Å². The number of fused-ring (bicyclic) bond motifs is 2. The zero-order chi connectivity index (χ0) is 18.4. The lowest BCUT2D eigenvalue weighted by Gasteiger charge is -2.05. The van der Waals surface area contributed by atoms with Gasteiger partial charge in [0.15, 0.2) is 0 Å². The number of thiazole rings is 1. The van der Waals surface area contributed by atoms with Gasteiger partial charge in [-0.15, -0.1) is 11.3 Å². The average Bonchev–Trinajstić information content (AvgIpc) is 3.13. The zero-order valence-electron chi connectivity index (χ0n) is 14.5. The molecule has 1 amide bonds. The molecule has 132 valence electrons. The molecule has 4 aromatic rings. The molecule has 0 spiro atoms. The first kappa shape index (κ1) is 16.5. The number of hydrogen-bond donors (Lipinski definition) is 1. The van der Waals surface area contributed by atoms with Gasteiger partial charge in [0.25, 0.3) is 5.56 Å². The van der Waals surface area contributed by atoms with Crippen LogP contribution in [0.25, 0.3) is 15.9 Å². The van der Waals surface area contributed by atoms with Crippen LogP contribution in [0.5, 0.6) is 0 Å². The third kappa shape index (κ3) is 2.78. The van der Waals surface area contributed by atoms with Crippen molar-refractivity contribution < 1.29 is 9.21 Å². The summed E-state index contributed by atoms with van der Waals surface area (Å²) in [4.78, 5) is 28.5. The van der Waals surface area contributed by atoms with Gasteiger partial charge in [-0.25, -0.2) is 0 Å². The van der Waals surface area contributed by atoms with Gasteiger partial charge in [0, 0.05) is 16.3 Å². The van der Waals surface area contributed by atoms with Crippen LogP contribution in [0.2, 0.25) is 0 Å². The topological polar surface area (TPSA) is 89.5 Å². The van der Waals surface area contributed by atoms with E-state index in [4.69, 9.17) is 4.42 Å². The normalized spacial score (nSPS) is 11.3. The molecular formula is C18H16N4O3S. The highest BCUT2D eigenvalue weighted by atomic mass is 32.1. The van der Waals surface area contributed by atoms with E-state index in [1.54, 1.807) is 18.6 Å². The molecule has 0 atom stereocenters. The van der Waals surface area contributed by atoms with E-state index < -0.39 is 0 Å². The summed E-state index contributed by atoms with van der Waals surface area (Å²) in [6.45, 7) is 5.61. The number of furan rings is 1. The van der Waals surface area contributed by atoms with E-state index in [-0.39, 0.29) is 23.6 Å². The molecule has 7 nitrogen and oxygen atoms in total. The van der Waals surface area contributed by atoms with Crippen LogP contribution in [0.3, 0.4) is 0 Å². The number of nitrogens with zero attached hydrogens (tertiary/aromatic N) is 3. The summed E-state index contributed by atoms with van der Waals surface area (Å²) in [7, 11) is 0. The highest BCUT2D eigenvalue weighted by Crippen LogP contribution is 2.27. The van der Waals surface area contributed by atoms with Gasteiger partial charge < -0.3 is 9.73 Å². The Morgan fingerprint density at radius 3 is 2.92 bits per heavy atom. The van der Waals surface area contributed by atoms with Gasteiger partial charge >= 0.3 is 0 Å². The second-order valence-electron chi connectivity index (χ2n) is 6.26. The number of rotatable bonds is 3. The Labute approximate surface area is 152 Å². The first-order valence-corrected chi connectivity index (χ1v) is 8.92. The lowest BCUT2D eigenvalue weighted by Crippen LogP contribution is -2.19. The third-order valence-electron chi connectivity index (χ3n) is 4.15. The molecule has 4 rings (SSSR count). The monoisotopic (exact) mass is 368 g/mol. The molecule has 0 radical (unpaired) electrons. The van der Waals surface area contributed by atoms with Crippen LogP contribution < -0.4 is 10.9 Å². The van der Waals surface area contributed by atoms with Crippen molar-refractivity contribution in [1.29, 1.82) is 0 Å². The highest BCUT2D eigenvalue weighted by molar-refractivity contribution is 7.15. The smallest absolute Gasteiger partial charge is 0.295 e. The van der Waals surface area contributed by atoms with Gasteiger partial charge in [0.2, 0.25) is 10.9 Å². The molecule has 0 fully saturated rings. The van der Waals surface area contributed by atoms with Crippen molar-refractivity contribution in [2.75, 3.05) is 5.32 Å². The Morgan fingerprint density at radius 2 is 2.12 bits per heavy atom. The Morgan fingerprint density at radius 1 is 1.31 bits per heavy atom. The van der Waals surface area contributed by atoms with Gasteiger partial charge in [-0.1, -0.05) is 6.07 Å². The van der Waals surface area contributed by atoms with Crippen molar-refractivity contribution in [3.8, 4) is 0 Å². The second kappa shape index (κ2) is 6.06. The minimum absolute atomic E-state index is 0.181. The number of nitrogens with one attached hydrogen (secondary N) is 1. The number of anilines is 1. The Bertz CT molecular complexity index is 1220. The number of carbonyl (C=O) groups is 1. The lowest BCUT2D eigenvalue weighted by atomic mass is 10.0. The number of amides is 1. The van der Waals surface area contributed by atoms with Crippen molar-refractivity contribution in [2.45, 2.75) is 27.2 Å². The van der Waals surface area contributed by atoms with Gasteiger partial charge in [-0.05, 0) is 38.0 Å². The SMILES string of the molecule is Cc1cc(C)c2c(CC(=O)Nc3csc4nc(=O)c(C)nn34)coc2c1. The van der Waals surface area contributed by atoms with Crippen molar-refractivity contribution in [3.05, 3.63) is 56.5 Å².